The Balaban J connectivity index is 1.75. The van der Waals surface area contributed by atoms with Gasteiger partial charge in [-0.25, -0.2) is 4.39 Å². The van der Waals surface area contributed by atoms with E-state index in [-0.39, 0.29) is 17.4 Å². The number of quaternary nitrogens is 1. The van der Waals surface area contributed by atoms with E-state index < -0.39 is 0 Å². The van der Waals surface area contributed by atoms with Crippen LogP contribution in [-0.2, 0) is 4.79 Å². The van der Waals surface area contributed by atoms with Gasteiger partial charge in [0.2, 0.25) is 0 Å². The van der Waals surface area contributed by atoms with Gasteiger partial charge in [-0.1, -0.05) is 31.4 Å². The minimum absolute atomic E-state index is 0.128. The molecule has 0 unspecified atom stereocenters. The quantitative estimate of drug-likeness (QED) is 0.873. The number of para-hydroxylation sites is 1. The van der Waals surface area contributed by atoms with Crippen molar-refractivity contribution < 1.29 is 14.5 Å². The summed E-state index contributed by atoms with van der Waals surface area (Å²) in [6, 6.07) is 6.82. The second-order valence-electron chi connectivity index (χ2n) is 5.57. The van der Waals surface area contributed by atoms with E-state index in [1.54, 1.807) is 18.2 Å². The molecule has 0 aliphatic heterocycles. The van der Waals surface area contributed by atoms with Crippen LogP contribution in [0.3, 0.4) is 0 Å². The first-order chi connectivity index (χ1) is 9.75. The number of hydrogen-bond acceptors (Lipinski definition) is 1. The summed E-state index contributed by atoms with van der Waals surface area (Å²) in [6.07, 6.45) is 8.87. The third kappa shape index (κ3) is 4.93. The van der Waals surface area contributed by atoms with Crippen molar-refractivity contribution in [3.8, 4) is 0 Å². The van der Waals surface area contributed by atoms with E-state index >= 15 is 0 Å². The number of carbonyl (C=O) groups is 1. The smallest absolute Gasteiger partial charge is 0.279 e. The molecule has 1 amide bonds. The molecule has 0 spiro atoms. The van der Waals surface area contributed by atoms with E-state index in [9.17, 15) is 9.18 Å². The van der Waals surface area contributed by atoms with Crippen LogP contribution in [0.15, 0.2) is 24.3 Å². The van der Waals surface area contributed by atoms with Crippen molar-refractivity contribution in [2.24, 2.45) is 0 Å². The zero-order valence-electron chi connectivity index (χ0n) is 11.9. The highest BCUT2D eigenvalue weighted by Gasteiger charge is 2.16. The second-order valence-corrected chi connectivity index (χ2v) is 5.57. The van der Waals surface area contributed by atoms with E-state index in [1.807, 2.05) is 0 Å². The van der Waals surface area contributed by atoms with Crippen molar-refractivity contribution in [3.05, 3.63) is 30.1 Å². The first-order valence-corrected chi connectivity index (χ1v) is 7.63. The summed E-state index contributed by atoms with van der Waals surface area (Å²) < 4.78 is 13.4. The van der Waals surface area contributed by atoms with Gasteiger partial charge in [-0.05, 0) is 37.8 Å². The predicted molar refractivity (Wildman–Crippen MR) is 77.9 cm³/mol. The Kier molecular flexibility index (Phi) is 5.99. The minimum atomic E-state index is -0.383. The van der Waals surface area contributed by atoms with Gasteiger partial charge in [0.25, 0.3) is 5.91 Å². The fraction of sp³-hybridized carbons (Fsp3) is 0.562. The molecule has 0 atom stereocenters. The highest BCUT2D eigenvalue weighted by molar-refractivity contribution is 5.91. The molecule has 1 aliphatic rings. The molecule has 3 nitrogen and oxygen atoms in total. The van der Waals surface area contributed by atoms with Crippen molar-refractivity contribution >= 4 is 11.6 Å². The second kappa shape index (κ2) is 8.00. The number of rotatable bonds is 4. The van der Waals surface area contributed by atoms with E-state index in [1.165, 1.54) is 51.0 Å². The van der Waals surface area contributed by atoms with Gasteiger partial charge in [-0.2, -0.15) is 0 Å². The number of halogens is 1. The van der Waals surface area contributed by atoms with Crippen LogP contribution in [-0.4, -0.2) is 18.5 Å². The largest absolute Gasteiger partial charge is 0.336 e. The summed E-state index contributed by atoms with van der Waals surface area (Å²) >= 11 is 0. The summed E-state index contributed by atoms with van der Waals surface area (Å²) in [5.74, 6) is -0.510. The average molecular weight is 279 g/mol. The molecule has 20 heavy (non-hydrogen) atoms. The topological polar surface area (TPSA) is 45.7 Å². The lowest BCUT2D eigenvalue weighted by atomic mass is 9.97. The van der Waals surface area contributed by atoms with E-state index in [0.29, 0.717) is 12.6 Å². The number of amides is 1. The van der Waals surface area contributed by atoms with E-state index in [4.69, 9.17) is 0 Å². The highest BCUT2D eigenvalue weighted by Crippen LogP contribution is 2.15. The normalized spacial score (nSPS) is 17.2. The Morgan fingerprint density at radius 1 is 1.15 bits per heavy atom. The average Bonchev–Trinajstić information content (AvgIpc) is 2.40. The molecule has 4 heteroatoms. The van der Waals surface area contributed by atoms with Gasteiger partial charge in [0, 0.05) is 0 Å². The Morgan fingerprint density at radius 2 is 1.80 bits per heavy atom. The zero-order chi connectivity index (χ0) is 14.2. The highest BCUT2D eigenvalue weighted by atomic mass is 19.1. The first kappa shape index (κ1) is 15.0. The van der Waals surface area contributed by atoms with Gasteiger partial charge in [0.1, 0.15) is 5.82 Å². The monoisotopic (exact) mass is 279 g/mol. The molecule has 0 saturated heterocycles. The summed E-state index contributed by atoms with van der Waals surface area (Å²) in [4.78, 5) is 11.9. The summed E-state index contributed by atoms with van der Waals surface area (Å²) in [5.41, 5.74) is 0.267. The van der Waals surface area contributed by atoms with Crippen molar-refractivity contribution in [1.82, 2.24) is 0 Å². The van der Waals surface area contributed by atoms with Gasteiger partial charge in [-0.3, -0.25) is 4.79 Å². The molecule has 0 radical (unpaired) electrons. The van der Waals surface area contributed by atoms with Crippen molar-refractivity contribution in [1.29, 1.82) is 0 Å². The SMILES string of the molecule is O=C(C[NH2+]C1CCCCCCC1)Nc1ccccc1F. The lowest BCUT2D eigenvalue weighted by molar-refractivity contribution is -0.680. The third-order valence-corrected chi connectivity index (χ3v) is 3.93. The van der Waals surface area contributed by atoms with Crippen LogP contribution in [0.25, 0.3) is 0 Å². The van der Waals surface area contributed by atoms with Gasteiger partial charge in [0.15, 0.2) is 6.54 Å². The van der Waals surface area contributed by atoms with Crippen LogP contribution in [0.5, 0.6) is 0 Å². The molecular weight excluding hydrogens is 255 g/mol. The molecule has 1 aliphatic carbocycles. The lowest BCUT2D eigenvalue weighted by Crippen LogP contribution is -2.91. The van der Waals surface area contributed by atoms with Crippen LogP contribution in [0.2, 0.25) is 0 Å². The van der Waals surface area contributed by atoms with Crippen LogP contribution < -0.4 is 10.6 Å². The fourth-order valence-electron chi connectivity index (χ4n) is 2.76. The molecule has 0 heterocycles. The van der Waals surface area contributed by atoms with Crippen LogP contribution in [0.1, 0.15) is 44.9 Å². The molecule has 2 rings (SSSR count). The van der Waals surface area contributed by atoms with Gasteiger partial charge in [-0.15, -0.1) is 0 Å². The standard InChI is InChI=1S/C16H23FN2O/c17-14-10-6-7-11-15(14)19-16(20)12-18-13-8-4-2-1-3-5-9-13/h6-7,10-11,13,18H,1-5,8-9,12H2,(H,19,20)/p+1. The zero-order valence-corrected chi connectivity index (χ0v) is 11.9. The Bertz CT molecular complexity index is 428. The third-order valence-electron chi connectivity index (χ3n) is 3.93. The number of carbonyl (C=O) groups excluding carboxylic acids is 1. The van der Waals surface area contributed by atoms with Crippen molar-refractivity contribution in [2.75, 3.05) is 11.9 Å². The fourth-order valence-corrected chi connectivity index (χ4v) is 2.76. The Morgan fingerprint density at radius 3 is 2.50 bits per heavy atom. The number of nitrogens with one attached hydrogen (secondary N) is 1. The van der Waals surface area contributed by atoms with Crippen molar-refractivity contribution in [2.45, 2.75) is 51.0 Å². The summed E-state index contributed by atoms with van der Waals surface area (Å²) in [6.45, 7) is 0.374. The van der Waals surface area contributed by atoms with Crippen molar-refractivity contribution in [3.63, 3.8) is 0 Å². The Hall–Kier alpha value is -1.42. The molecule has 1 saturated carbocycles. The van der Waals surface area contributed by atoms with E-state index in [0.717, 1.165) is 0 Å². The molecule has 1 fully saturated rings. The maximum absolute atomic E-state index is 13.4. The molecule has 0 bridgehead atoms. The number of anilines is 1. The van der Waals surface area contributed by atoms with Crippen LogP contribution in [0.4, 0.5) is 10.1 Å². The molecule has 110 valence electrons. The molecule has 3 N–H and O–H groups in total. The summed E-state index contributed by atoms with van der Waals surface area (Å²) in [7, 11) is 0. The van der Waals surface area contributed by atoms with Gasteiger partial charge in [0.05, 0.1) is 11.7 Å². The lowest BCUT2D eigenvalue weighted by Gasteiger charge is -2.18. The van der Waals surface area contributed by atoms with Gasteiger partial charge < -0.3 is 10.6 Å². The Labute approximate surface area is 120 Å². The van der Waals surface area contributed by atoms with Crippen LogP contribution >= 0.6 is 0 Å². The molecular formula is C16H24FN2O+. The van der Waals surface area contributed by atoms with Crippen LogP contribution in [0, 0.1) is 5.82 Å². The molecule has 1 aromatic carbocycles. The number of hydrogen-bond donors (Lipinski definition) is 2. The number of nitrogens with two attached hydrogens (primary N) is 1. The molecule has 1 aromatic rings. The first-order valence-electron chi connectivity index (χ1n) is 7.63. The maximum Gasteiger partial charge on any atom is 0.279 e. The minimum Gasteiger partial charge on any atom is -0.336 e. The van der Waals surface area contributed by atoms with E-state index in [2.05, 4.69) is 10.6 Å². The summed E-state index contributed by atoms with van der Waals surface area (Å²) in [5, 5.41) is 4.75. The maximum atomic E-state index is 13.4. The number of benzene rings is 1. The molecule has 0 aromatic heterocycles. The predicted octanol–water partition coefficient (Wildman–Crippen LogP) is 2.44. The van der Waals surface area contributed by atoms with Gasteiger partial charge >= 0.3 is 0 Å².